The van der Waals surface area contributed by atoms with Gasteiger partial charge in [-0.25, -0.2) is 0 Å². The molecular weight excluding hydrogens is 240 g/mol. The van der Waals surface area contributed by atoms with E-state index in [-0.39, 0.29) is 0 Å². The summed E-state index contributed by atoms with van der Waals surface area (Å²) in [7, 11) is 0. The Morgan fingerprint density at radius 3 is 2.79 bits per heavy atom. The van der Waals surface area contributed by atoms with E-state index >= 15 is 0 Å². The van der Waals surface area contributed by atoms with Crippen LogP contribution in [0.5, 0.6) is 0 Å². The third-order valence-corrected chi connectivity index (χ3v) is 4.33. The normalized spacial score (nSPS) is 22.1. The number of aryl methyl sites for hydroxylation is 1. The molecule has 0 unspecified atom stereocenters. The summed E-state index contributed by atoms with van der Waals surface area (Å²) in [5.41, 5.74) is 0. The number of aromatic nitrogens is 2. The van der Waals surface area contributed by atoms with E-state index in [0.29, 0.717) is 0 Å². The van der Waals surface area contributed by atoms with Gasteiger partial charge in [0.25, 0.3) is 0 Å². The van der Waals surface area contributed by atoms with E-state index in [9.17, 15) is 0 Å². The molecule has 0 atom stereocenters. The lowest BCUT2D eigenvalue weighted by Gasteiger charge is -2.25. The Morgan fingerprint density at radius 1 is 1.21 bits per heavy atom. The molecule has 0 radical (unpaired) electrons. The Labute approximate surface area is 114 Å². The van der Waals surface area contributed by atoms with Crippen LogP contribution in [0.2, 0.25) is 0 Å². The molecule has 5 nitrogen and oxygen atoms in total. The van der Waals surface area contributed by atoms with Crippen molar-refractivity contribution >= 4 is 0 Å². The Hall–Kier alpha value is -0.940. The highest BCUT2D eigenvalue weighted by molar-refractivity contribution is 4.88. The fourth-order valence-electron chi connectivity index (χ4n) is 3.15. The predicted octanol–water partition coefficient (Wildman–Crippen LogP) is 1.60. The zero-order valence-electron chi connectivity index (χ0n) is 11.6. The number of nitrogens with zero attached hydrogens (tertiary/aromatic N) is 3. The molecule has 2 fully saturated rings. The molecule has 0 amide bonds. The molecule has 1 aromatic heterocycles. The van der Waals surface area contributed by atoms with Crippen molar-refractivity contribution in [2.24, 2.45) is 5.92 Å². The second-order valence-electron chi connectivity index (χ2n) is 5.82. The van der Waals surface area contributed by atoms with Crippen molar-refractivity contribution < 1.29 is 4.52 Å². The molecular formula is C14H24N4O. The minimum absolute atomic E-state index is 0.828. The predicted molar refractivity (Wildman–Crippen MR) is 72.7 cm³/mol. The van der Waals surface area contributed by atoms with Crippen LogP contribution in [0.15, 0.2) is 4.52 Å². The first-order valence-corrected chi connectivity index (χ1v) is 7.65. The smallest absolute Gasteiger partial charge is 0.226 e. The molecule has 106 valence electrons. The van der Waals surface area contributed by atoms with E-state index in [0.717, 1.165) is 56.8 Å². The molecule has 2 heterocycles. The van der Waals surface area contributed by atoms with Gasteiger partial charge in [0.15, 0.2) is 5.82 Å². The lowest BCUT2D eigenvalue weighted by Crippen LogP contribution is -2.43. The minimum atomic E-state index is 0.828. The first kappa shape index (κ1) is 13.1. The second-order valence-corrected chi connectivity index (χ2v) is 5.82. The standard InChI is InChI=1S/C14H24N4O/c1-2-4-12(3-1)5-6-14-16-13(17-19-14)11-18-9-7-15-8-10-18/h12,15H,1-11H2. The summed E-state index contributed by atoms with van der Waals surface area (Å²) in [5.74, 6) is 2.57. The Balaban J connectivity index is 1.45. The molecule has 0 bridgehead atoms. The largest absolute Gasteiger partial charge is 0.339 e. The first-order valence-electron chi connectivity index (χ1n) is 7.65. The van der Waals surface area contributed by atoms with Gasteiger partial charge in [-0.05, 0) is 12.3 Å². The van der Waals surface area contributed by atoms with Gasteiger partial charge in [0.2, 0.25) is 5.89 Å². The van der Waals surface area contributed by atoms with Crippen LogP contribution in [0.3, 0.4) is 0 Å². The van der Waals surface area contributed by atoms with E-state index in [1.807, 2.05) is 0 Å². The molecule has 19 heavy (non-hydrogen) atoms. The summed E-state index contributed by atoms with van der Waals surface area (Å²) in [4.78, 5) is 6.90. The third-order valence-electron chi connectivity index (χ3n) is 4.33. The number of rotatable bonds is 5. The number of hydrogen-bond donors (Lipinski definition) is 1. The maximum absolute atomic E-state index is 5.36. The van der Waals surface area contributed by atoms with Gasteiger partial charge >= 0.3 is 0 Å². The minimum Gasteiger partial charge on any atom is -0.339 e. The van der Waals surface area contributed by atoms with Gasteiger partial charge in [-0.15, -0.1) is 0 Å². The first-order chi connectivity index (χ1) is 9.40. The Morgan fingerprint density at radius 2 is 2.00 bits per heavy atom. The third kappa shape index (κ3) is 3.76. The van der Waals surface area contributed by atoms with Crippen molar-refractivity contribution in [2.45, 2.75) is 45.1 Å². The fraction of sp³-hybridized carbons (Fsp3) is 0.857. The van der Waals surface area contributed by atoms with Crippen molar-refractivity contribution in [1.29, 1.82) is 0 Å². The van der Waals surface area contributed by atoms with Gasteiger partial charge in [0.1, 0.15) is 0 Å². The summed E-state index contributed by atoms with van der Waals surface area (Å²) in [5, 5.41) is 7.46. The highest BCUT2D eigenvalue weighted by atomic mass is 16.5. The monoisotopic (exact) mass is 264 g/mol. The van der Waals surface area contributed by atoms with Crippen molar-refractivity contribution in [2.75, 3.05) is 26.2 Å². The molecule has 0 spiro atoms. The second kappa shape index (κ2) is 6.48. The van der Waals surface area contributed by atoms with E-state index in [2.05, 4.69) is 20.4 Å². The highest BCUT2D eigenvalue weighted by Gasteiger charge is 2.17. The molecule has 1 N–H and O–H groups in total. The number of hydrogen-bond acceptors (Lipinski definition) is 5. The summed E-state index contributed by atoms with van der Waals surface area (Å²) in [6, 6.07) is 0. The van der Waals surface area contributed by atoms with Crippen LogP contribution in [-0.4, -0.2) is 41.2 Å². The van der Waals surface area contributed by atoms with Crippen LogP contribution in [0, 0.1) is 5.92 Å². The highest BCUT2D eigenvalue weighted by Crippen LogP contribution is 2.28. The maximum Gasteiger partial charge on any atom is 0.226 e. The molecule has 1 aromatic rings. The van der Waals surface area contributed by atoms with Crippen LogP contribution in [0.25, 0.3) is 0 Å². The van der Waals surface area contributed by atoms with Crippen LogP contribution >= 0.6 is 0 Å². The van der Waals surface area contributed by atoms with Crippen LogP contribution in [0.1, 0.15) is 43.8 Å². The zero-order valence-corrected chi connectivity index (χ0v) is 11.6. The van der Waals surface area contributed by atoms with Gasteiger partial charge in [0, 0.05) is 32.6 Å². The summed E-state index contributed by atoms with van der Waals surface area (Å²) < 4.78 is 5.36. The topological polar surface area (TPSA) is 54.2 Å². The summed E-state index contributed by atoms with van der Waals surface area (Å²) >= 11 is 0. The van der Waals surface area contributed by atoms with Crippen molar-refractivity contribution in [3.8, 4) is 0 Å². The average molecular weight is 264 g/mol. The number of piperazine rings is 1. The van der Waals surface area contributed by atoms with Gasteiger partial charge in [-0.2, -0.15) is 4.98 Å². The van der Waals surface area contributed by atoms with Gasteiger partial charge in [-0.3, -0.25) is 4.90 Å². The molecule has 2 aliphatic rings. The van der Waals surface area contributed by atoms with E-state index < -0.39 is 0 Å². The van der Waals surface area contributed by atoms with E-state index in [1.165, 1.54) is 32.1 Å². The average Bonchev–Trinajstić information content (AvgIpc) is 3.09. The lowest BCUT2D eigenvalue weighted by molar-refractivity contribution is 0.224. The molecule has 3 rings (SSSR count). The van der Waals surface area contributed by atoms with Crippen LogP contribution < -0.4 is 5.32 Å². The SMILES string of the molecule is C1CCC(CCc2nc(CN3CCNCC3)no2)C1. The quantitative estimate of drug-likeness (QED) is 0.875. The molecule has 1 saturated heterocycles. The molecule has 0 aromatic carbocycles. The number of nitrogens with one attached hydrogen (secondary N) is 1. The zero-order chi connectivity index (χ0) is 12.9. The lowest BCUT2D eigenvalue weighted by atomic mass is 10.0. The van der Waals surface area contributed by atoms with Gasteiger partial charge < -0.3 is 9.84 Å². The van der Waals surface area contributed by atoms with Crippen LogP contribution in [-0.2, 0) is 13.0 Å². The molecule has 1 saturated carbocycles. The molecule has 5 heteroatoms. The summed E-state index contributed by atoms with van der Waals surface area (Å²) in [6.07, 6.45) is 7.77. The van der Waals surface area contributed by atoms with Gasteiger partial charge in [0.05, 0.1) is 6.54 Å². The maximum atomic E-state index is 5.36. The van der Waals surface area contributed by atoms with E-state index in [1.54, 1.807) is 0 Å². The van der Waals surface area contributed by atoms with Gasteiger partial charge in [-0.1, -0.05) is 30.8 Å². The molecule has 1 aliphatic heterocycles. The summed E-state index contributed by atoms with van der Waals surface area (Å²) in [6.45, 7) is 5.10. The van der Waals surface area contributed by atoms with Crippen molar-refractivity contribution in [3.05, 3.63) is 11.7 Å². The van der Waals surface area contributed by atoms with Crippen LogP contribution in [0.4, 0.5) is 0 Å². The fourth-order valence-corrected chi connectivity index (χ4v) is 3.15. The Bertz CT molecular complexity index is 381. The van der Waals surface area contributed by atoms with Crippen molar-refractivity contribution in [3.63, 3.8) is 0 Å². The molecule has 1 aliphatic carbocycles. The van der Waals surface area contributed by atoms with Crippen molar-refractivity contribution in [1.82, 2.24) is 20.4 Å². The Kier molecular flexibility index (Phi) is 4.45. The van der Waals surface area contributed by atoms with E-state index in [4.69, 9.17) is 4.52 Å².